The number of halogens is 3. The van der Waals surface area contributed by atoms with Crippen molar-refractivity contribution in [1.29, 1.82) is 0 Å². The summed E-state index contributed by atoms with van der Waals surface area (Å²) >= 11 is 2.88. The summed E-state index contributed by atoms with van der Waals surface area (Å²) in [6, 6.07) is 2.15. The minimum atomic E-state index is -0.527. The van der Waals surface area contributed by atoms with Gasteiger partial charge in [-0.05, 0) is 28.1 Å². The first-order valence-corrected chi connectivity index (χ1v) is 5.35. The van der Waals surface area contributed by atoms with Crippen molar-refractivity contribution in [2.24, 2.45) is 0 Å². The predicted molar refractivity (Wildman–Crippen MR) is 61.8 cm³/mol. The highest BCUT2D eigenvalue weighted by atomic mass is 79.9. The standard InChI is InChI=1S/C11H10BrF2NO/c1-7(16)15-4-2-3-8-5-11(14)9(12)6-10(8)13/h2-3,5-6H,4H2,1H3,(H,15,16). The van der Waals surface area contributed by atoms with Crippen LogP contribution in [0.2, 0.25) is 0 Å². The van der Waals surface area contributed by atoms with Crippen molar-refractivity contribution in [3.63, 3.8) is 0 Å². The molecule has 0 saturated heterocycles. The number of hydrogen-bond acceptors (Lipinski definition) is 1. The summed E-state index contributed by atoms with van der Waals surface area (Å²) < 4.78 is 26.4. The number of nitrogens with one attached hydrogen (secondary N) is 1. The van der Waals surface area contributed by atoms with Gasteiger partial charge in [-0.2, -0.15) is 0 Å². The molecule has 0 radical (unpaired) electrons. The molecule has 0 saturated carbocycles. The maximum Gasteiger partial charge on any atom is 0.217 e. The molecule has 0 aliphatic heterocycles. The topological polar surface area (TPSA) is 29.1 Å². The van der Waals surface area contributed by atoms with Crippen LogP contribution < -0.4 is 5.32 Å². The van der Waals surface area contributed by atoms with Gasteiger partial charge in [0.2, 0.25) is 5.91 Å². The van der Waals surface area contributed by atoms with Crippen molar-refractivity contribution in [1.82, 2.24) is 5.32 Å². The Morgan fingerprint density at radius 3 is 2.75 bits per heavy atom. The largest absolute Gasteiger partial charge is 0.353 e. The van der Waals surface area contributed by atoms with Gasteiger partial charge in [-0.15, -0.1) is 0 Å². The fourth-order valence-corrected chi connectivity index (χ4v) is 1.37. The van der Waals surface area contributed by atoms with Crippen LogP contribution >= 0.6 is 15.9 Å². The van der Waals surface area contributed by atoms with Crippen molar-refractivity contribution < 1.29 is 13.6 Å². The molecule has 0 fully saturated rings. The van der Waals surface area contributed by atoms with E-state index >= 15 is 0 Å². The van der Waals surface area contributed by atoms with Crippen molar-refractivity contribution in [3.8, 4) is 0 Å². The normalized spacial score (nSPS) is 10.8. The molecule has 86 valence electrons. The van der Waals surface area contributed by atoms with Gasteiger partial charge in [0, 0.05) is 19.0 Å². The first kappa shape index (κ1) is 12.8. The molecule has 0 atom stereocenters. The summed E-state index contributed by atoms with van der Waals surface area (Å²) in [4.78, 5) is 10.5. The first-order chi connectivity index (χ1) is 7.50. The Balaban J connectivity index is 2.73. The van der Waals surface area contributed by atoms with Gasteiger partial charge < -0.3 is 5.32 Å². The fourth-order valence-electron chi connectivity index (χ4n) is 1.05. The summed E-state index contributed by atoms with van der Waals surface area (Å²) in [5, 5.41) is 2.51. The van der Waals surface area contributed by atoms with E-state index in [-0.39, 0.29) is 22.5 Å². The van der Waals surface area contributed by atoms with Crippen LogP contribution in [0.15, 0.2) is 22.7 Å². The van der Waals surface area contributed by atoms with E-state index in [1.807, 2.05) is 0 Å². The Labute approximate surface area is 100 Å². The third-order valence-electron chi connectivity index (χ3n) is 1.81. The number of amides is 1. The Morgan fingerprint density at radius 1 is 1.44 bits per heavy atom. The van der Waals surface area contributed by atoms with Crippen LogP contribution in [-0.4, -0.2) is 12.5 Å². The van der Waals surface area contributed by atoms with Crippen molar-refractivity contribution in [2.75, 3.05) is 6.54 Å². The lowest BCUT2D eigenvalue weighted by atomic mass is 10.2. The van der Waals surface area contributed by atoms with Crippen molar-refractivity contribution in [2.45, 2.75) is 6.92 Å². The van der Waals surface area contributed by atoms with Gasteiger partial charge in [0.15, 0.2) is 0 Å². The Bertz CT molecular complexity index is 432. The van der Waals surface area contributed by atoms with Crippen LogP contribution in [0.3, 0.4) is 0 Å². The van der Waals surface area contributed by atoms with Crippen LogP contribution in [0.4, 0.5) is 8.78 Å². The summed E-state index contributed by atoms with van der Waals surface area (Å²) in [6.07, 6.45) is 2.97. The lowest BCUT2D eigenvalue weighted by Gasteiger charge is -2.00. The zero-order valence-corrected chi connectivity index (χ0v) is 10.1. The molecule has 0 aliphatic rings. The lowest BCUT2D eigenvalue weighted by molar-refractivity contribution is -0.118. The van der Waals surface area contributed by atoms with Gasteiger partial charge in [0.1, 0.15) is 11.6 Å². The highest BCUT2D eigenvalue weighted by molar-refractivity contribution is 9.10. The van der Waals surface area contributed by atoms with Gasteiger partial charge >= 0.3 is 0 Å². The van der Waals surface area contributed by atoms with Gasteiger partial charge in [0.25, 0.3) is 0 Å². The van der Waals surface area contributed by atoms with E-state index in [9.17, 15) is 13.6 Å². The second-order valence-electron chi connectivity index (χ2n) is 3.13. The number of rotatable bonds is 3. The number of benzene rings is 1. The molecule has 0 aromatic heterocycles. The second-order valence-corrected chi connectivity index (χ2v) is 3.98. The summed E-state index contributed by atoms with van der Waals surface area (Å²) in [7, 11) is 0. The van der Waals surface area contributed by atoms with E-state index in [0.29, 0.717) is 0 Å². The van der Waals surface area contributed by atoms with Crippen LogP contribution in [0.5, 0.6) is 0 Å². The first-order valence-electron chi connectivity index (χ1n) is 4.56. The molecule has 2 nitrogen and oxygen atoms in total. The molecule has 16 heavy (non-hydrogen) atoms. The van der Waals surface area contributed by atoms with Crippen LogP contribution in [0, 0.1) is 11.6 Å². The monoisotopic (exact) mass is 289 g/mol. The molecule has 0 aliphatic carbocycles. The zero-order chi connectivity index (χ0) is 12.1. The molecule has 5 heteroatoms. The molecular weight excluding hydrogens is 280 g/mol. The Hall–Kier alpha value is -1.23. The molecule has 1 aromatic rings. The third kappa shape index (κ3) is 3.73. The third-order valence-corrected chi connectivity index (χ3v) is 2.41. The maximum atomic E-state index is 13.3. The minimum Gasteiger partial charge on any atom is -0.353 e. The van der Waals surface area contributed by atoms with Gasteiger partial charge in [-0.25, -0.2) is 8.78 Å². The summed E-state index contributed by atoms with van der Waals surface area (Å²) in [6.45, 7) is 1.67. The predicted octanol–water partition coefficient (Wildman–Crippen LogP) is 2.88. The molecule has 1 rings (SSSR count). The van der Waals surface area contributed by atoms with E-state index in [1.165, 1.54) is 13.0 Å². The van der Waals surface area contributed by atoms with E-state index in [1.54, 1.807) is 6.08 Å². The molecule has 1 aromatic carbocycles. The number of carbonyl (C=O) groups excluding carboxylic acids is 1. The van der Waals surface area contributed by atoms with Gasteiger partial charge in [-0.1, -0.05) is 12.2 Å². The minimum absolute atomic E-state index is 0.0870. The molecule has 0 bridgehead atoms. The number of hydrogen-bond donors (Lipinski definition) is 1. The Kier molecular flexibility index (Phi) is 4.61. The SMILES string of the molecule is CC(=O)NCC=Cc1cc(F)c(Br)cc1F. The smallest absolute Gasteiger partial charge is 0.217 e. The molecular formula is C11H10BrF2NO. The van der Waals surface area contributed by atoms with Gasteiger partial charge in [0.05, 0.1) is 4.47 Å². The average Bonchev–Trinajstić information content (AvgIpc) is 2.19. The highest BCUT2D eigenvalue weighted by Gasteiger charge is 2.05. The van der Waals surface area contributed by atoms with Crippen LogP contribution in [0.25, 0.3) is 6.08 Å². The number of carbonyl (C=O) groups is 1. The quantitative estimate of drug-likeness (QED) is 0.852. The van der Waals surface area contributed by atoms with Gasteiger partial charge in [-0.3, -0.25) is 4.79 Å². The summed E-state index contributed by atoms with van der Waals surface area (Å²) in [5.74, 6) is -1.22. The maximum absolute atomic E-state index is 13.3. The van der Waals surface area contributed by atoms with E-state index in [4.69, 9.17) is 0 Å². The van der Waals surface area contributed by atoms with Crippen LogP contribution in [-0.2, 0) is 4.79 Å². The van der Waals surface area contributed by atoms with E-state index in [0.717, 1.165) is 12.1 Å². The van der Waals surface area contributed by atoms with E-state index in [2.05, 4.69) is 21.2 Å². The molecule has 0 unspecified atom stereocenters. The molecule has 1 amide bonds. The molecule has 0 spiro atoms. The molecule has 1 N–H and O–H groups in total. The summed E-state index contributed by atoms with van der Waals surface area (Å²) in [5.41, 5.74) is 0.144. The zero-order valence-electron chi connectivity index (χ0n) is 8.56. The highest BCUT2D eigenvalue weighted by Crippen LogP contribution is 2.20. The van der Waals surface area contributed by atoms with Crippen molar-refractivity contribution >= 4 is 27.9 Å². The Morgan fingerprint density at radius 2 is 2.12 bits per heavy atom. The van der Waals surface area contributed by atoms with Crippen molar-refractivity contribution in [3.05, 3.63) is 39.9 Å². The average molecular weight is 290 g/mol. The second kappa shape index (κ2) is 5.75. The molecule has 0 heterocycles. The lowest BCUT2D eigenvalue weighted by Crippen LogP contribution is -2.19. The van der Waals surface area contributed by atoms with Crippen LogP contribution in [0.1, 0.15) is 12.5 Å². The fraction of sp³-hybridized carbons (Fsp3) is 0.182. The van der Waals surface area contributed by atoms with E-state index < -0.39 is 11.6 Å².